The summed E-state index contributed by atoms with van der Waals surface area (Å²) in [5, 5.41) is 0. The molecule has 0 radical (unpaired) electrons. The summed E-state index contributed by atoms with van der Waals surface area (Å²) in [5.41, 5.74) is 5.57. The van der Waals surface area contributed by atoms with Gasteiger partial charge in [0.1, 0.15) is 0 Å². The van der Waals surface area contributed by atoms with E-state index in [4.69, 9.17) is 10.5 Å². The molecule has 0 spiro atoms. The largest absolute Gasteiger partial charge is 0.377 e. The lowest BCUT2D eigenvalue weighted by atomic mass is 10.0. The van der Waals surface area contributed by atoms with Gasteiger partial charge in [0.25, 0.3) is 0 Å². The fraction of sp³-hybridized carbons (Fsp3) is 1.00. The molecule has 17 heavy (non-hydrogen) atoms. The number of rotatable bonds is 9. The summed E-state index contributed by atoms with van der Waals surface area (Å²) in [6.45, 7) is 9.84. The van der Waals surface area contributed by atoms with E-state index in [0.29, 0.717) is 6.10 Å². The van der Waals surface area contributed by atoms with Gasteiger partial charge in [-0.15, -0.1) is 0 Å². The Kier molecular flexibility index (Phi) is 7.82. The zero-order valence-corrected chi connectivity index (χ0v) is 11.7. The molecule has 102 valence electrons. The van der Waals surface area contributed by atoms with Gasteiger partial charge in [0.05, 0.1) is 6.10 Å². The highest BCUT2D eigenvalue weighted by Gasteiger charge is 2.18. The smallest absolute Gasteiger partial charge is 0.0702 e. The van der Waals surface area contributed by atoms with E-state index in [1.165, 1.54) is 32.2 Å². The van der Waals surface area contributed by atoms with Crippen molar-refractivity contribution in [3.63, 3.8) is 0 Å². The van der Waals surface area contributed by atoms with Gasteiger partial charge in [-0.25, -0.2) is 0 Å². The minimum absolute atomic E-state index is 0.497. The standard InChI is InChI=1S/C14H30N2O/c1-3-16(12-14-7-5-11-17-14)10-4-6-13(2)8-9-15/h13-14H,3-12,15H2,1-2H3. The van der Waals surface area contributed by atoms with Gasteiger partial charge in [-0.3, -0.25) is 0 Å². The highest BCUT2D eigenvalue weighted by Crippen LogP contribution is 2.14. The summed E-state index contributed by atoms with van der Waals surface area (Å²) in [4.78, 5) is 2.53. The van der Waals surface area contributed by atoms with Gasteiger partial charge < -0.3 is 15.4 Å². The van der Waals surface area contributed by atoms with Gasteiger partial charge >= 0.3 is 0 Å². The minimum atomic E-state index is 0.497. The Morgan fingerprint density at radius 1 is 1.41 bits per heavy atom. The Bertz CT molecular complexity index is 181. The molecule has 0 aliphatic carbocycles. The van der Waals surface area contributed by atoms with E-state index in [-0.39, 0.29) is 0 Å². The second-order valence-corrected chi connectivity index (χ2v) is 5.35. The first-order valence-corrected chi connectivity index (χ1v) is 7.30. The van der Waals surface area contributed by atoms with Crippen LogP contribution in [0.1, 0.15) is 46.0 Å². The van der Waals surface area contributed by atoms with Crippen molar-refractivity contribution in [2.24, 2.45) is 11.7 Å². The Labute approximate surface area is 107 Å². The first-order valence-electron chi connectivity index (χ1n) is 7.30. The van der Waals surface area contributed by atoms with Crippen LogP contribution >= 0.6 is 0 Å². The van der Waals surface area contributed by atoms with Crippen LogP contribution in [-0.4, -0.2) is 43.8 Å². The quantitative estimate of drug-likeness (QED) is 0.674. The summed E-state index contributed by atoms with van der Waals surface area (Å²) in [7, 11) is 0. The second kappa shape index (κ2) is 8.90. The molecule has 0 aromatic carbocycles. The first-order chi connectivity index (χ1) is 8.26. The van der Waals surface area contributed by atoms with E-state index in [1.807, 2.05) is 0 Å². The highest BCUT2D eigenvalue weighted by atomic mass is 16.5. The molecule has 0 aromatic heterocycles. The molecule has 0 aromatic rings. The van der Waals surface area contributed by atoms with Crippen LogP contribution in [0.4, 0.5) is 0 Å². The summed E-state index contributed by atoms with van der Waals surface area (Å²) >= 11 is 0. The van der Waals surface area contributed by atoms with E-state index in [2.05, 4.69) is 18.7 Å². The molecule has 1 rings (SSSR count). The van der Waals surface area contributed by atoms with Crippen LogP contribution in [0.3, 0.4) is 0 Å². The van der Waals surface area contributed by atoms with Crippen molar-refractivity contribution in [3.05, 3.63) is 0 Å². The third-order valence-corrected chi connectivity index (χ3v) is 3.76. The van der Waals surface area contributed by atoms with Crippen LogP contribution in [0.25, 0.3) is 0 Å². The van der Waals surface area contributed by atoms with Gasteiger partial charge in [0, 0.05) is 13.2 Å². The van der Waals surface area contributed by atoms with Crippen LogP contribution < -0.4 is 5.73 Å². The summed E-state index contributed by atoms with van der Waals surface area (Å²) in [6, 6.07) is 0. The lowest BCUT2D eigenvalue weighted by Gasteiger charge is -2.24. The normalized spacial score (nSPS) is 22.2. The van der Waals surface area contributed by atoms with Crippen LogP contribution in [0, 0.1) is 5.92 Å². The highest BCUT2D eigenvalue weighted by molar-refractivity contribution is 4.70. The number of hydrogen-bond acceptors (Lipinski definition) is 3. The molecule has 1 heterocycles. The van der Waals surface area contributed by atoms with Crippen LogP contribution in [0.5, 0.6) is 0 Å². The molecule has 3 nitrogen and oxygen atoms in total. The van der Waals surface area contributed by atoms with E-state index >= 15 is 0 Å². The maximum absolute atomic E-state index is 5.69. The molecular weight excluding hydrogens is 212 g/mol. The number of nitrogens with zero attached hydrogens (tertiary/aromatic N) is 1. The van der Waals surface area contributed by atoms with Crippen molar-refractivity contribution in [3.8, 4) is 0 Å². The van der Waals surface area contributed by atoms with Crippen molar-refractivity contribution in [1.82, 2.24) is 4.90 Å². The maximum Gasteiger partial charge on any atom is 0.0702 e. The Balaban J connectivity index is 2.09. The second-order valence-electron chi connectivity index (χ2n) is 5.35. The van der Waals surface area contributed by atoms with Gasteiger partial charge in [-0.05, 0) is 57.7 Å². The molecule has 3 heteroatoms. The lowest BCUT2D eigenvalue weighted by molar-refractivity contribution is 0.0739. The van der Waals surface area contributed by atoms with Crippen molar-refractivity contribution in [2.75, 3.05) is 32.8 Å². The van der Waals surface area contributed by atoms with Crippen molar-refractivity contribution in [1.29, 1.82) is 0 Å². The zero-order valence-electron chi connectivity index (χ0n) is 11.7. The number of hydrogen-bond donors (Lipinski definition) is 1. The molecule has 1 fully saturated rings. The van der Waals surface area contributed by atoms with Crippen LogP contribution in [0.15, 0.2) is 0 Å². The van der Waals surface area contributed by atoms with E-state index < -0.39 is 0 Å². The molecule has 0 amide bonds. The topological polar surface area (TPSA) is 38.5 Å². The molecule has 2 unspecified atom stereocenters. The summed E-state index contributed by atoms with van der Waals surface area (Å²) < 4.78 is 5.69. The third-order valence-electron chi connectivity index (χ3n) is 3.76. The fourth-order valence-electron chi connectivity index (χ4n) is 2.55. The fourth-order valence-corrected chi connectivity index (χ4v) is 2.55. The molecule has 1 saturated heterocycles. The van der Waals surface area contributed by atoms with Crippen molar-refractivity contribution >= 4 is 0 Å². The monoisotopic (exact) mass is 242 g/mol. The average molecular weight is 242 g/mol. The SMILES string of the molecule is CCN(CCCC(C)CCN)CC1CCCO1. The summed E-state index contributed by atoms with van der Waals surface area (Å²) in [6.07, 6.45) is 6.76. The minimum Gasteiger partial charge on any atom is -0.377 e. The molecule has 2 N–H and O–H groups in total. The average Bonchev–Trinajstić information content (AvgIpc) is 2.81. The van der Waals surface area contributed by atoms with Gasteiger partial charge in [0.2, 0.25) is 0 Å². The summed E-state index contributed by atoms with van der Waals surface area (Å²) in [5.74, 6) is 0.779. The van der Waals surface area contributed by atoms with Crippen LogP contribution in [-0.2, 0) is 4.74 Å². The van der Waals surface area contributed by atoms with Crippen molar-refractivity contribution < 1.29 is 4.74 Å². The van der Waals surface area contributed by atoms with Gasteiger partial charge in [-0.2, -0.15) is 0 Å². The molecule has 1 aliphatic heterocycles. The molecule has 0 bridgehead atoms. The van der Waals surface area contributed by atoms with Gasteiger partial charge in [0.15, 0.2) is 0 Å². The molecule has 2 atom stereocenters. The number of ether oxygens (including phenoxy) is 1. The van der Waals surface area contributed by atoms with E-state index in [1.54, 1.807) is 0 Å². The maximum atomic E-state index is 5.69. The first kappa shape index (κ1) is 14.9. The van der Waals surface area contributed by atoms with Crippen LogP contribution in [0.2, 0.25) is 0 Å². The number of likely N-dealkylation sites (N-methyl/N-ethyl adjacent to an activating group) is 1. The number of nitrogens with two attached hydrogens (primary N) is 1. The predicted octanol–water partition coefficient (Wildman–Crippen LogP) is 2.25. The predicted molar refractivity (Wildman–Crippen MR) is 73.2 cm³/mol. The van der Waals surface area contributed by atoms with E-state index in [0.717, 1.165) is 38.6 Å². The third kappa shape index (κ3) is 6.39. The molecule has 1 aliphatic rings. The molecule has 0 saturated carbocycles. The van der Waals surface area contributed by atoms with Crippen molar-refractivity contribution in [2.45, 2.75) is 52.1 Å². The lowest BCUT2D eigenvalue weighted by Crippen LogP contribution is -2.33. The van der Waals surface area contributed by atoms with Gasteiger partial charge in [-0.1, -0.05) is 13.8 Å². The Morgan fingerprint density at radius 2 is 2.24 bits per heavy atom. The Hall–Kier alpha value is -0.120. The molecular formula is C14H30N2O. The Morgan fingerprint density at radius 3 is 2.82 bits per heavy atom. The van der Waals surface area contributed by atoms with E-state index in [9.17, 15) is 0 Å². The zero-order chi connectivity index (χ0) is 12.5.